The SMILES string of the molecule is C=C(CCOC(=O)/C=C/c1ccccc1)[Si](c1ccccc1)(c1ccccc1)c1ccccc1. The molecule has 0 aliphatic heterocycles. The van der Waals surface area contributed by atoms with Crippen LogP contribution in [0.2, 0.25) is 0 Å². The molecule has 0 spiro atoms. The van der Waals surface area contributed by atoms with E-state index in [9.17, 15) is 4.79 Å². The minimum atomic E-state index is -2.57. The molecule has 0 aliphatic rings. The van der Waals surface area contributed by atoms with Crippen LogP contribution in [0.1, 0.15) is 12.0 Å². The number of ether oxygens (including phenoxy) is 1. The fourth-order valence-electron chi connectivity index (χ4n) is 4.42. The maximum Gasteiger partial charge on any atom is 0.330 e. The first kappa shape index (κ1) is 23.2. The second-order valence-corrected chi connectivity index (χ2v) is 12.1. The molecule has 0 radical (unpaired) electrons. The van der Waals surface area contributed by atoms with Crippen LogP contribution in [0, 0.1) is 0 Å². The van der Waals surface area contributed by atoms with Gasteiger partial charge in [0, 0.05) is 6.08 Å². The average Bonchev–Trinajstić information content (AvgIpc) is 2.90. The van der Waals surface area contributed by atoms with E-state index in [0.717, 1.165) is 10.8 Å². The van der Waals surface area contributed by atoms with Gasteiger partial charge in [0.2, 0.25) is 0 Å². The van der Waals surface area contributed by atoms with Crippen molar-refractivity contribution in [3.63, 3.8) is 0 Å². The highest BCUT2D eigenvalue weighted by molar-refractivity contribution is 7.16. The lowest BCUT2D eigenvalue weighted by Crippen LogP contribution is -2.68. The fourth-order valence-corrected chi connectivity index (χ4v) is 9.19. The van der Waals surface area contributed by atoms with Crippen LogP contribution in [0.4, 0.5) is 0 Å². The second-order valence-electron chi connectivity index (χ2n) is 8.11. The van der Waals surface area contributed by atoms with Gasteiger partial charge in [-0.3, -0.25) is 0 Å². The van der Waals surface area contributed by atoms with Crippen LogP contribution in [-0.2, 0) is 9.53 Å². The number of carbonyl (C=O) groups is 1. The summed E-state index contributed by atoms with van der Waals surface area (Å²) in [4.78, 5) is 12.3. The first-order chi connectivity index (χ1) is 16.7. The van der Waals surface area contributed by atoms with Gasteiger partial charge < -0.3 is 4.74 Å². The molecular weight excluding hydrogens is 432 g/mol. The van der Waals surface area contributed by atoms with Crippen molar-refractivity contribution in [3.8, 4) is 0 Å². The first-order valence-electron chi connectivity index (χ1n) is 11.5. The Morgan fingerprint density at radius 3 is 1.53 bits per heavy atom. The minimum Gasteiger partial charge on any atom is -0.462 e. The monoisotopic (exact) mass is 460 g/mol. The highest BCUT2D eigenvalue weighted by Gasteiger charge is 2.41. The molecule has 168 valence electrons. The van der Waals surface area contributed by atoms with Gasteiger partial charge in [-0.1, -0.05) is 127 Å². The Labute approximate surface area is 202 Å². The van der Waals surface area contributed by atoms with Crippen LogP contribution in [0.5, 0.6) is 0 Å². The third-order valence-corrected chi connectivity index (χ3v) is 10.9. The van der Waals surface area contributed by atoms with Crippen molar-refractivity contribution < 1.29 is 9.53 Å². The van der Waals surface area contributed by atoms with E-state index in [2.05, 4.69) is 79.4 Å². The lowest BCUT2D eigenvalue weighted by molar-refractivity contribution is -0.137. The summed E-state index contributed by atoms with van der Waals surface area (Å²) in [7, 11) is -2.57. The zero-order valence-corrected chi connectivity index (χ0v) is 20.1. The van der Waals surface area contributed by atoms with Crippen molar-refractivity contribution in [1.82, 2.24) is 0 Å². The van der Waals surface area contributed by atoms with Gasteiger partial charge in [-0.2, -0.15) is 0 Å². The summed E-state index contributed by atoms with van der Waals surface area (Å²) in [5.41, 5.74) is 0.965. The zero-order chi connectivity index (χ0) is 23.6. The van der Waals surface area contributed by atoms with E-state index in [1.54, 1.807) is 6.08 Å². The van der Waals surface area contributed by atoms with Gasteiger partial charge in [0.25, 0.3) is 0 Å². The van der Waals surface area contributed by atoms with Gasteiger partial charge in [0.05, 0.1) is 6.61 Å². The van der Waals surface area contributed by atoms with E-state index < -0.39 is 8.07 Å². The molecule has 3 heteroatoms. The average molecular weight is 461 g/mol. The Balaban J connectivity index is 1.61. The molecule has 0 aromatic heterocycles. The number of hydrogen-bond donors (Lipinski definition) is 0. The van der Waals surface area contributed by atoms with Gasteiger partial charge in [-0.05, 0) is 33.6 Å². The molecule has 0 unspecified atom stereocenters. The normalized spacial score (nSPS) is 11.3. The number of carbonyl (C=O) groups excluding carboxylic acids is 1. The molecule has 34 heavy (non-hydrogen) atoms. The van der Waals surface area contributed by atoms with Gasteiger partial charge in [-0.25, -0.2) is 4.79 Å². The maximum atomic E-state index is 12.3. The number of hydrogen-bond acceptors (Lipinski definition) is 2. The Morgan fingerprint density at radius 1 is 0.676 bits per heavy atom. The van der Waals surface area contributed by atoms with Crippen molar-refractivity contribution in [2.75, 3.05) is 6.61 Å². The number of esters is 1. The molecule has 0 saturated carbocycles. The maximum absolute atomic E-state index is 12.3. The van der Waals surface area contributed by atoms with E-state index in [4.69, 9.17) is 4.74 Å². The van der Waals surface area contributed by atoms with Crippen molar-refractivity contribution in [2.45, 2.75) is 6.42 Å². The summed E-state index contributed by atoms with van der Waals surface area (Å²) in [6.07, 6.45) is 3.85. The molecule has 0 bridgehead atoms. The van der Waals surface area contributed by atoms with E-state index in [0.29, 0.717) is 6.42 Å². The standard InChI is InChI=1S/C31H28O2Si/c1-26(24-25-33-31(32)23-22-27-14-6-2-7-15-27)34(28-16-8-3-9-17-28,29-18-10-4-11-19-29)30-20-12-5-13-21-30/h2-23H,1,24-25H2/b23-22+. The van der Waals surface area contributed by atoms with Crippen LogP contribution in [0.25, 0.3) is 6.08 Å². The van der Waals surface area contributed by atoms with Crippen LogP contribution in [-0.4, -0.2) is 20.7 Å². The number of rotatable bonds is 9. The third-order valence-electron chi connectivity index (χ3n) is 6.01. The second kappa shape index (κ2) is 11.3. The van der Waals surface area contributed by atoms with E-state index in [1.165, 1.54) is 21.6 Å². The smallest absolute Gasteiger partial charge is 0.330 e. The van der Waals surface area contributed by atoms with Gasteiger partial charge in [0.15, 0.2) is 8.07 Å². The van der Waals surface area contributed by atoms with Crippen molar-refractivity contribution in [1.29, 1.82) is 0 Å². The summed E-state index contributed by atoms with van der Waals surface area (Å²) < 4.78 is 5.57. The molecule has 0 amide bonds. The Hall–Kier alpha value is -3.95. The molecule has 2 nitrogen and oxygen atoms in total. The lowest BCUT2D eigenvalue weighted by Gasteiger charge is -2.35. The Morgan fingerprint density at radius 2 is 1.09 bits per heavy atom. The highest BCUT2D eigenvalue weighted by Crippen LogP contribution is 2.19. The molecule has 0 atom stereocenters. The van der Waals surface area contributed by atoms with Crippen molar-refractivity contribution in [2.24, 2.45) is 0 Å². The summed E-state index contributed by atoms with van der Waals surface area (Å²) in [5, 5.41) is 4.92. The quantitative estimate of drug-likeness (QED) is 0.154. The minimum absolute atomic E-state index is 0.290. The zero-order valence-electron chi connectivity index (χ0n) is 19.1. The molecule has 4 rings (SSSR count). The lowest BCUT2D eigenvalue weighted by atomic mass is 10.2. The predicted molar refractivity (Wildman–Crippen MR) is 144 cm³/mol. The molecule has 0 heterocycles. The van der Waals surface area contributed by atoms with E-state index in [1.807, 2.05) is 48.5 Å². The topological polar surface area (TPSA) is 26.3 Å². The molecule has 0 fully saturated rings. The van der Waals surface area contributed by atoms with Gasteiger partial charge >= 0.3 is 5.97 Å². The first-order valence-corrected chi connectivity index (χ1v) is 13.5. The third kappa shape index (κ3) is 5.16. The van der Waals surface area contributed by atoms with Gasteiger partial charge in [-0.15, -0.1) is 6.58 Å². The Kier molecular flexibility index (Phi) is 7.69. The van der Waals surface area contributed by atoms with E-state index >= 15 is 0 Å². The fraction of sp³-hybridized carbons (Fsp3) is 0.0645. The molecular formula is C31H28O2Si. The van der Waals surface area contributed by atoms with Crippen LogP contribution in [0.3, 0.4) is 0 Å². The molecule has 4 aromatic rings. The van der Waals surface area contributed by atoms with Crippen LogP contribution >= 0.6 is 0 Å². The van der Waals surface area contributed by atoms with Crippen molar-refractivity contribution in [3.05, 3.63) is 145 Å². The summed E-state index contributed by atoms with van der Waals surface area (Å²) in [5.74, 6) is -0.344. The Bertz CT molecular complexity index is 1140. The predicted octanol–water partition coefficient (Wildman–Crippen LogP) is 4.90. The summed E-state index contributed by atoms with van der Waals surface area (Å²) in [6, 6.07) is 41.6. The molecule has 0 N–H and O–H groups in total. The summed E-state index contributed by atoms with van der Waals surface area (Å²) >= 11 is 0. The van der Waals surface area contributed by atoms with Crippen molar-refractivity contribution >= 4 is 35.7 Å². The molecule has 4 aromatic carbocycles. The largest absolute Gasteiger partial charge is 0.462 e. The number of benzene rings is 4. The molecule has 0 aliphatic carbocycles. The van der Waals surface area contributed by atoms with E-state index in [-0.39, 0.29) is 12.6 Å². The van der Waals surface area contributed by atoms with Gasteiger partial charge in [0.1, 0.15) is 0 Å². The van der Waals surface area contributed by atoms with Crippen LogP contribution < -0.4 is 15.6 Å². The summed E-state index contributed by atoms with van der Waals surface area (Å²) in [6.45, 7) is 4.89. The highest BCUT2D eigenvalue weighted by atomic mass is 28.3. The molecule has 0 saturated heterocycles. The van der Waals surface area contributed by atoms with Crippen LogP contribution in [0.15, 0.2) is 139 Å².